The Hall–Kier alpha value is -3.83. The number of amides is 2. The lowest BCUT2D eigenvalue weighted by atomic mass is 9.52. The second-order valence-corrected chi connectivity index (χ2v) is 18.4. The fraction of sp³-hybridized carbons (Fsp3) is 0.587. The number of aliphatic hydroxyl groups is 1. The Labute approximate surface area is 329 Å². The van der Waals surface area contributed by atoms with E-state index >= 15 is 0 Å². The van der Waals surface area contributed by atoms with Crippen LogP contribution in [0.1, 0.15) is 117 Å². The summed E-state index contributed by atoms with van der Waals surface area (Å²) < 4.78 is 26.0. The average molecular weight is 765 g/mol. The van der Waals surface area contributed by atoms with Crippen LogP contribution in [0.3, 0.4) is 0 Å². The highest BCUT2D eigenvalue weighted by Gasteiger charge is 2.64. The molecule has 2 amide bonds. The molecule has 2 aromatic carbocycles. The monoisotopic (exact) mass is 764 g/mol. The molecule has 56 heavy (non-hydrogen) atoms. The highest BCUT2D eigenvalue weighted by Crippen LogP contribution is 2.61. The van der Waals surface area contributed by atoms with Crippen LogP contribution in [0, 0.1) is 29.1 Å². The van der Waals surface area contributed by atoms with E-state index in [0.717, 1.165) is 56.1 Å². The molecule has 2 aliphatic heterocycles. The molecule has 10 nitrogen and oxygen atoms in total. The van der Waals surface area contributed by atoms with Crippen LogP contribution in [0.5, 0.6) is 0 Å². The van der Waals surface area contributed by atoms with E-state index in [1.807, 2.05) is 36.4 Å². The predicted octanol–water partition coefficient (Wildman–Crippen LogP) is 6.66. The fourth-order valence-electron chi connectivity index (χ4n) is 10.3. The third kappa shape index (κ3) is 7.38. The van der Waals surface area contributed by atoms with Gasteiger partial charge in [-0.25, -0.2) is 4.79 Å². The van der Waals surface area contributed by atoms with Crippen molar-refractivity contribution in [3.05, 3.63) is 88.0 Å². The van der Waals surface area contributed by atoms with Gasteiger partial charge >= 0.3 is 5.97 Å². The minimum absolute atomic E-state index is 0.0497. The van der Waals surface area contributed by atoms with Crippen molar-refractivity contribution in [1.82, 2.24) is 10.6 Å². The van der Waals surface area contributed by atoms with Gasteiger partial charge in [-0.05, 0) is 123 Å². The third-order valence-corrected chi connectivity index (χ3v) is 13.9. The number of epoxide rings is 1. The Kier molecular flexibility index (Phi) is 9.79. The molecule has 3 N–H and O–H groups in total. The molecule has 0 spiro atoms. The number of carbonyl (C=O) groups excluding carboxylic acids is 3. The molecule has 0 radical (unpaired) electrons. The number of nitrogens with one attached hydrogen (secondary N) is 2. The zero-order valence-electron chi connectivity index (χ0n) is 32.9. The van der Waals surface area contributed by atoms with Crippen LogP contribution in [-0.4, -0.2) is 71.8 Å². The second-order valence-electron chi connectivity index (χ2n) is 18.4. The van der Waals surface area contributed by atoms with Crippen LogP contribution in [0.25, 0.3) is 6.08 Å². The molecule has 5 aliphatic carbocycles. The summed E-state index contributed by atoms with van der Waals surface area (Å²) in [5.74, 6) is 0.173. The number of hydrogen-bond acceptors (Lipinski definition) is 8. The van der Waals surface area contributed by atoms with E-state index < -0.39 is 30.1 Å². The number of fused-ring (bicyclic) bond motifs is 3. The molecule has 4 saturated carbocycles. The lowest BCUT2D eigenvalue weighted by molar-refractivity contribution is -0.209. The van der Waals surface area contributed by atoms with Gasteiger partial charge in [-0.15, -0.1) is 0 Å². The topological polar surface area (TPSA) is 136 Å². The number of esters is 1. The first-order chi connectivity index (χ1) is 26.9. The van der Waals surface area contributed by atoms with Gasteiger partial charge in [0.2, 0.25) is 5.91 Å². The Balaban J connectivity index is 0.895. The van der Waals surface area contributed by atoms with Crippen molar-refractivity contribution in [3.8, 4) is 0 Å². The van der Waals surface area contributed by atoms with Gasteiger partial charge in [0.25, 0.3) is 5.91 Å². The smallest absolute Gasteiger partial charge is 0.338 e. The molecule has 2 aromatic rings. The summed E-state index contributed by atoms with van der Waals surface area (Å²) in [5, 5.41) is 14.7. The summed E-state index contributed by atoms with van der Waals surface area (Å²) in [6, 6.07) is 14.7. The van der Waals surface area contributed by atoms with Gasteiger partial charge in [0, 0.05) is 42.5 Å². The van der Waals surface area contributed by atoms with Crippen LogP contribution in [-0.2, 0) is 30.3 Å². The molecule has 9 rings (SSSR count). The molecular weight excluding hydrogens is 709 g/mol. The van der Waals surface area contributed by atoms with Crippen LogP contribution >= 0.6 is 0 Å². The number of allylic oxidation sites excluding steroid dienone is 1. The van der Waals surface area contributed by atoms with Crippen LogP contribution in [0.2, 0.25) is 0 Å². The molecular formula is C46H56N2O8. The molecule has 7 aliphatic rings. The largest absolute Gasteiger partial charge is 0.456 e. The van der Waals surface area contributed by atoms with Gasteiger partial charge < -0.3 is 34.7 Å². The molecule has 7 unspecified atom stereocenters. The normalized spacial score (nSPS) is 33.2. The highest BCUT2D eigenvalue weighted by atomic mass is 16.8. The molecule has 0 bridgehead atoms. The van der Waals surface area contributed by atoms with Crippen molar-refractivity contribution < 1.29 is 38.4 Å². The SMILES string of the molecule is CC1(C)CC2C(=Cc3ccc(C(=O)OC4CC(C(=O)NCc5cccc(C(=O)NCCO)c5)=CC5OC(C6CC6)(C6CC6)OC54)cc3)CCC3OC3(C)CCC21. The Bertz CT molecular complexity index is 1920. The minimum atomic E-state index is -0.703. The van der Waals surface area contributed by atoms with E-state index in [1.54, 1.807) is 18.2 Å². The Morgan fingerprint density at radius 3 is 2.38 bits per heavy atom. The van der Waals surface area contributed by atoms with Gasteiger partial charge in [-0.3, -0.25) is 9.59 Å². The van der Waals surface area contributed by atoms with Crippen molar-refractivity contribution in [1.29, 1.82) is 0 Å². The summed E-state index contributed by atoms with van der Waals surface area (Å²) in [6.45, 7) is 7.31. The van der Waals surface area contributed by atoms with Gasteiger partial charge in [0.15, 0.2) is 5.79 Å². The first kappa shape index (κ1) is 37.7. The molecule has 0 aromatic heterocycles. The van der Waals surface area contributed by atoms with Crippen LogP contribution in [0.15, 0.2) is 65.8 Å². The number of ether oxygens (including phenoxy) is 4. The van der Waals surface area contributed by atoms with Crippen molar-refractivity contribution >= 4 is 23.9 Å². The Morgan fingerprint density at radius 1 is 0.893 bits per heavy atom. The number of rotatable bonds is 11. The van der Waals surface area contributed by atoms with E-state index in [0.29, 0.717) is 51.9 Å². The lowest BCUT2D eigenvalue weighted by Crippen LogP contribution is -2.45. The van der Waals surface area contributed by atoms with Crippen LogP contribution < -0.4 is 10.6 Å². The summed E-state index contributed by atoms with van der Waals surface area (Å²) in [7, 11) is 0. The number of aliphatic hydroxyl groups excluding tert-OH is 1. The van der Waals surface area contributed by atoms with Gasteiger partial charge in [-0.1, -0.05) is 49.8 Å². The van der Waals surface area contributed by atoms with Crippen molar-refractivity contribution in [2.75, 3.05) is 13.2 Å². The van der Waals surface area contributed by atoms with E-state index in [1.165, 1.54) is 18.4 Å². The molecule has 7 atom stereocenters. The van der Waals surface area contributed by atoms with Crippen LogP contribution in [0.4, 0.5) is 0 Å². The van der Waals surface area contributed by atoms with Gasteiger partial charge in [0.1, 0.15) is 18.3 Å². The predicted molar refractivity (Wildman–Crippen MR) is 209 cm³/mol. The first-order valence-corrected chi connectivity index (χ1v) is 21.0. The zero-order chi connectivity index (χ0) is 38.8. The summed E-state index contributed by atoms with van der Waals surface area (Å²) >= 11 is 0. The minimum Gasteiger partial charge on any atom is -0.456 e. The molecule has 2 heterocycles. The van der Waals surface area contributed by atoms with E-state index in [2.05, 4.69) is 37.5 Å². The second kappa shape index (κ2) is 14.5. The summed E-state index contributed by atoms with van der Waals surface area (Å²) in [4.78, 5) is 40.0. The molecule has 10 heteroatoms. The maximum Gasteiger partial charge on any atom is 0.338 e. The van der Waals surface area contributed by atoms with Crippen molar-refractivity contribution in [3.63, 3.8) is 0 Å². The van der Waals surface area contributed by atoms with Gasteiger partial charge in [0.05, 0.1) is 23.9 Å². The highest BCUT2D eigenvalue weighted by molar-refractivity contribution is 5.95. The maximum atomic E-state index is 13.9. The number of benzene rings is 2. The number of hydrogen-bond donors (Lipinski definition) is 3. The summed E-state index contributed by atoms with van der Waals surface area (Å²) in [5.41, 5.74) is 5.12. The lowest BCUT2D eigenvalue weighted by Gasteiger charge is -2.53. The maximum absolute atomic E-state index is 13.9. The fourth-order valence-corrected chi connectivity index (χ4v) is 10.3. The van der Waals surface area contributed by atoms with E-state index in [4.69, 9.17) is 24.1 Å². The van der Waals surface area contributed by atoms with Gasteiger partial charge in [-0.2, -0.15) is 0 Å². The molecule has 298 valence electrons. The molecule has 2 saturated heterocycles. The quantitative estimate of drug-likeness (QED) is 0.171. The van der Waals surface area contributed by atoms with E-state index in [9.17, 15) is 14.4 Å². The third-order valence-electron chi connectivity index (χ3n) is 13.9. The summed E-state index contributed by atoms with van der Waals surface area (Å²) in [6.07, 6.45) is 12.9. The Morgan fingerprint density at radius 2 is 1.66 bits per heavy atom. The van der Waals surface area contributed by atoms with Crippen molar-refractivity contribution in [2.24, 2.45) is 29.1 Å². The van der Waals surface area contributed by atoms with Crippen molar-refractivity contribution in [2.45, 2.75) is 127 Å². The number of carbonyl (C=O) groups is 3. The standard InChI is InChI=1S/C46H56N2O8/c1-44(2)25-35-30(11-16-39-45(3,55-39)18-17-36(35)44)21-27-7-9-29(10-8-27)43(52)53-37-23-32(24-38-40(37)56-46(54-38,33-12-13-33)34-14-15-34)42(51)48-26-28-5-4-6-31(22-28)41(50)47-19-20-49/h4-10,21-22,24,33-40,49H,11-20,23,25-26H2,1-3H3,(H,47,50)(H,48,51). The average Bonchev–Trinajstić information content (AvgIpc) is 4.10. The molecule has 6 fully saturated rings. The first-order valence-electron chi connectivity index (χ1n) is 21.0. The zero-order valence-corrected chi connectivity index (χ0v) is 32.9. The van der Waals surface area contributed by atoms with E-state index in [-0.39, 0.29) is 43.5 Å².